The predicted octanol–water partition coefficient (Wildman–Crippen LogP) is 3.20. The molecule has 0 amide bonds. The summed E-state index contributed by atoms with van der Waals surface area (Å²) in [6.45, 7) is 3.59. The molecular weight excluding hydrogens is 314 g/mol. The van der Waals surface area contributed by atoms with Crippen molar-refractivity contribution in [1.29, 1.82) is 0 Å². The van der Waals surface area contributed by atoms with Gasteiger partial charge in [0.1, 0.15) is 5.75 Å². The molecule has 0 saturated heterocycles. The van der Waals surface area contributed by atoms with Gasteiger partial charge in [-0.25, -0.2) is 4.79 Å². The molecule has 0 radical (unpaired) electrons. The van der Waals surface area contributed by atoms with E-state index in [0.29, 0.717) is 5.75 Å². The van der Waals surface area contributed by atoms with Crippen LogP contribution in [0.15, 0.2) is 36.4 Å². The van der Waals surface area contributed by atoms with Gasteiger partial charge in [-0.2, -0.15) is 0 Å². The highest BCUT2D eigenvalue weighted by atomic mass is 16.6. The first kappa shape index (κ1) is 17.3. The van der Waals surface area contributed by atoms with Gasteiger partial charge < -0.3 is 14.2 Å². The summed E-state index contributed by atoms with van der Waals surface area (Å²) in [6, 6.07) is 9.22. The monoisotopic (exact) mass is 331 g/mol. The van der Waals surface area contributed by atoms with E-state index in [-0.39, 0.29) is 23.8 Å². The average molecular weight is 331 g/mol. The molecule has 0 aliphatic rings. The van der Waals surface area contributed by atoms with Crippen molar-refractivity contribution in [3.8, 4) is 17.2 Å². The molecule has 126 valence electrons. The second-order valence-electron chi connectivity index (χ2n) is 5.10. The van der Waals surface area contributed by atoms with Gasteiger partial charge in [0.25, 0.3) is 5.69 Å². The quantitative estimate of drug-likeness (QED) is 0.349. The maximum Gasteiger partial charge on any atom is 0.349 e. The van der Waals surface area contributed by atoms with Gasteiger partial charge in [0.05, 0.1) is 18.1 Å². The molecule has 24 heavy (non-hydrogen) atoms. The highest BCUT2D eigenvalue weighted by Crippen LogP contribution is 2.31. The molecule has 0 fully saturated rings. The van der Waals surface area contributed by atoms with E-state index in [1.54, 1.807) is 6.07 Å². The standard InChI is InChI=1S/C17H17NO6/c1-11-4-6-14(8-12(11)2)23-10-17(19)24-16-9-13(18(20)21)5-7-15(16)22-3/h4-9H,10H2,1-3H3. The zero-order chi connectivity index (χ0) is 17.7. The normalized spacial score (nSPS) is 10.1. The average Bonchev–Trinajstić information content (AvgIpc) is 2.55. The first-order valence-corrected chi connectivity index (χ1v) is 7.14. The Morgan fingerprint density at radius 1 is 1.08 bits per heavy atom. The lowest BCUT2D eigenvalue weighted by Crippen LogP contribution is -2.18. The molecule has 2 rings (SSSR count). The van der Waals surface area contributed by atoms with E-state index < -0.39 is 10.9 Å². The number of methoxy groups -OCH3 is 1. The zero-order valence-electron chi connectivity index (χ0n) is 13.6. The summed E-state index contributed by atoms with van der Waals surface area (Å²) in [5.74, 6) is 0.0496. The van der Waals surface area contributed by atoms with E-state index in [1.807, 2.05) is 26.0 Å². The van der Waals surface area contributed by atoms with E-state index in [0.717, 1.165) is 17.2 Å². The van der Waals surface area contributed by atoms with Crippen LogP contribution in [0.1, 0.15) is 11.1 Å². The molecule has 0 aromatic heterocycles. The van der Waals surface area contributed by atoms with Crippen LogP contribution in [0.3, 0.4) is 0 Å². The molecule has 0 bridgehead atoms. The van der Waals surface area contributed by atoms with E-state index in [2.05, 4.69) is 0 Å². The van der Waals surface area contributed by atoms with Gasteiger partial charge in [-0.05, 0) is 43.2 Å². The number of benzene rings is 2. The van der Waals surface area contributed by atoms with Crippen LogP contribution in [-0.4, -0.2) is 24.6 Å². The summed E-state index contributed by atoms with van der Waals surface area (Å²) in [6.07, 6.45) is 0. The Bertz CT molecular complexity index is 772. The number of nitro benzene ring substituents is 1. The van der Waals surface area contributed by atoms with E-state index in [4.69, 9.17) is 14.2 Å². The number of aryl methyl sites for hydroxylation is 2. The Morgan fingerprint density at radius 2 is 1.83 bits per heavy atom. The van der Waals surface area contributed by atoms with Crippen LogP contribution in [0.2, 0.25) is 0 Å². The van der Waals surface area contributed by atoms with Crippen molar-refractivity contribution in [2.24, 2.45) is 0 Å². The lowest BCUT2D eigenvalue weighted by atomic mass is 10.1. The number of rotatable bonds is 6. The number of nitrogens with zero attached hydrogens (tertiary/aromatic N) is 1. The Hall–Kier alpha value is -3.09. The molecule has 0 atom stereocenters. The summed E-state index contributed by atoms with van der Waals surface area (Å²) in [7, 11) is 1.38. The van der Waals surface area contributed by atoms with Crippen molar-refractivity contribution in [3.05, 3.63) is 57.6 Å². The fourth-order valence-electron chi connectivity index (χ4n) is 1.96. The number of carbonyl (C=O) groups excluding carboxylic acids is 1. The fraction of sp³-hybridized carbons (Fsp3) is 0.235. The molecule has 0 aliphatic heterocycles. The minimum Gasteiger partial charge on any atom is -0.493 e. The number of nitro groups is 1. The molecule has 7 nitrogen and oxygen atoms in total. The van der Waals surface area contributed by atoms with Crippen LogP contribution < -0.4 is 14.2 Å². The molecular formula is C17H17NO6. The number of hydrogen-bond acceptors (Lipinski definition) is 6. The van der Waals surface area contributed by atoms with E-state index >= 15 is 0 Å². The first-order valence-electron chi connectivity index (χ1n) is 7.14. The lowest BCUT2D eigenvalue weighted by molar-refractivity contribution is -0.384. The van der Waals surface area contributed by atoms with Crippen LogP contribution in [0.4, 0.5) is 5.69 Å². The van der Waals surface area contributed by atoms with Gasteiger partial charge >= 0.3 is 5.97 Å². The van der Waals surface area contributed by atoms with Crippen LogP contribution in [0.5, 0.6) is 17.2 Å². The third-order valence-corrected chi connectivity index (χ3v) is 3.42. The highest BCUT2D eigenvalue weighted by molar-refractivity contribution is 5.75. The van der Waals surface area contributed by atoms with Gasteiger partial charge in [0, 0.05) is 6.07 Å². The van der Waals surface area contributed by atoms with Crippen molar-refractivity contribution in [2.75, 3.05) is 13.7 Å². The largest absolute Gasteiger partial charge is 0.493 e. The second-order valence-corrected chi connectivity index (χ2v) is 5.10. The Balaban J connectivity index is 2.04. The Labute approximate surface area is 138 Å². The summed E-state index contributed by atoms with van der Waals surface area (Å²) in [5, 5.41) is 10.8. The molecule has 0 unspecified atom stereocenters. The smallest absolute Gasteiger partial charge is 0.349 e. The SMILES string of the molecule is COc1ccc([N+](=O)[O-])cc1OC(=O)COc1ccc(C)c(C)c1. The highest BCUT2D eigenvalue weighted by Gasteiger charge is 2.16. The van der Waals surface area contributed by atoms with Crippen LogP contribution >= 0.6 is 0 Å². The van der Waals surface area contributed by atoms with Crippen LogP contribution in [-0.2, 0) is 4.79 Å². The fourth-order valence-corrected chi connectivity index (χ4v) is 1.96. The van der Waals surface area contributed by atoms with Crippen molar-refractivity contribution in [2.45, 2.75) is 13.8 Å². The maximum atomic E-state index is 11.9. The summed E-state index contributed by atoms with van der Waals surface area (Å²) < 4.78 is 15.5. The van der Waals surface area contributed by atoms with Crippen molar-refractivity contribution >= 4 is 11.7 Å². The summed E-state index contributed by atoms with van der Waals surface area (Å²) in [4.78, 5) is 22.1. The van der Waals surface area contributed by atoms with Crippen molar-refractivity contribution in [3.63, 3.8) is 0 Å². The van der Waals surface area contributed by atoms with Gasteiger partial charge in [-0.3, -0.25) is 10.1 Å². The maximum absolute atomic E-state index is 11.9. The Kier molecular flexibility index (Phi) is 5.36. The second kappa shape index (κ2) is 7.45. The third-order valence-electron chi connectivity index (χ3n) is 3.42. The van der Waals surface area contributed by atoms with Gasteiger partial charge in [-0.1, -0.05) is 6.07 Å². The number of esters is 1. The lowest BCUT2D eigenvalue weighted by Gasteiger charge is -2.10. The van der Waals surface area contributed by atoms with Crippen LogP contribution in [0, 0.1) is 24.0 Å². The number of hydrogen-bond donors (Lipinski definition) is 0. The van der Waals surface area contributed by atoms with E-state index in [1.165, 1.54) is 19.2 Å². The van der Waals surface area contributed by atoms with Gasteiger partial charge in [-0.15, -0.1) is 0 Å². The zero-order valence-corrected chi connectivity index (χ0v) is 13.6. The number of non-ortho nitro benzene ring substituents is 1. The summed E-state index contributed by atoms with van der Waals surface area (Å²) in [5.41, 5.74) is 1.96. The molecule has 2 aromatic carbocycles. The van der Waals surface area contributed by atoms with Crippen molar-refractivity contribution in [1.82, 2.24) is 0 Å². The predicted molar refractivity (Wildman–Crippen MR) is 86.7 cm³/mol. The summed E-state index contributed by atoms with van der Waals surface area (Å²) >= 11 is 0. The van der Waals surface area contributed by atoms with Gasteiger partial charge in [0.15, 0.2) is 18.1 Å². The molecule has 0 aliphatic carbocycles. The topological polar surface area (TPSA) is 87.9 Å². The molecule has 7 heteroatoms. The van der Waals surface area contributed by atoms with Crippen LogP contribution in [0.25, 0.3) is 0 Å². The van der Waals surface area contributed by atoms with Crippen molar-refractivity contribution < 1.29 is 23.9 Å². The molecule has 2 aromatic rings. The minimum atomic E-state index is -0.688. The third kappa shape index (κ3) is 4.22. The first-order chi connectivity index (χ1) is 11.4. The molecule has 0 heterocycles. The minimum absolute atomic E-state index is 0.0274. The number of ether oxygens (including phenoxy) is 3. The number of carbonyl (C=O) groups is 1. The molecule has 0 saturated carbocycles. The Morgan fingerprint density at radius 3 is 2.46 bits per heavy atom. The van der Waals surface area contributed by atoms with Gasteiger partial charge in [0.2, 0.25) is 0 Å². The molecule has 0 spiro atoms. The van der Waals surface area contributed by atoms with E-state index in [9.17, 15) is 14.9 Å². The molecule has 0 N–H and O–H groups in total.